The second-order valence-corrected chi connectivity index (χ2v) is 4.12. The highest BCUT2D eigenvalue weighted by Gasteiger charge is 1.99. The maximum absolute atomic E-state index is 4.25. The van der Waals surface area contributed by atoms with Crippen molar-refractivity contribution < 1.29 is 0 Å². The SMILES string of the molecule is c1csc(Nc2ccc3nccnc3c2)n1. The van der Waals surface area contributed by atoms with Gasteiger partial charge in [0.2, 0.25) is 0 Å². The van der Waals surface area contributed by atoms with E-state index < -0.39 is 0 Å². The number of fused-ring (bicyclic) bond motifs is 1. The van der Waals surface area contributed by atoms with Gasteiger partial charge in [-0.2, -0.15) is 0 Å². The zero-order valence-corrected chi connectivity index (χ0v) is 9.11. The lowest BCUT2D eigenvalue weighted by atomic mass is 10.2. The summed E-state index contributed by atoms with van der Waals surface area (Å²) in [7, 11) is 0. The lowest BCUT2D eigenvalue weighted by Crippen LogP contribution is -1.90. The molecule has 4 nitrogen and oxygen atoms in total. The molecule has 2 heterocycles. The fourth-order valence-electron chi connectivity index (χ4n) is 1.45. The van der Waals surface area contributed by atoms with E-state index in [1.54, 1.807) is 29.9 Å². The van der Waals surface area contributed by atoms with E-state index in [4.69, 9.17) is 0 Å². The second kappa shape index (κ2) is 3.86. The summed E-state index contributed by atoms with van der Waals surface area (Å²) in [5.41, 5.74) is 2.75. The summed E-state index contributed by atoms with van der Waals surface area (Å²) >= 11 is 1.56. The van der Waals surface area contributed by atoms with Crippen LogP contribution in [0.4, 0.5) is 10.8 Å². The molecule has 0 bridgehead atoms. The molecule has 0 saturated heterocycles. The van der Waals surface area contributed by atoms with Crippen LogP contribution in [0.1, 0.15) is 0 Å². The van der Waals surface area contributed by atoms with Crippen LogP contribution in [0.2, 0.25) is 0 Å². The van der Waals surface area contributed by atoms with E-state index in [2.05, 4.69) is 20.3 Å². The van der Waals surface area contributed by atoms with E-state index in [9.17, 15) is 0 Å². The van der Waals surface area contributed by atoms with Gasteiger partial charge in [0.25, 0.3) is 0 Å². The summed E-state index contributed by atoms with van der Waals surface area (Å²) in [6.45, 7) is 0. The average molecular weight is 228 g/mol. The molecule has 3 aromatic rings. The third-order valence-corrected chi connectivity index (χ3v) is 2.84. The van der Waals surface area contributed by atoms with E-state index in [0.717, 1.165) is 21.9 Å². The van der Waals surface area contributed by atoms with Crippen molar-refractivity contribution in [2.75, 3.05) is 5.32 Å². The summed E-state index contributed by atoms with van der Waals surface area (Å²) in [4.78, 5) is 12.6. The van der Waals surface area contributed by atoms with Gasteiger partial charge in [0.1, 0.15) is 0 Å². The predicted octanol–water partition coefficient (Wildman–Crippen LogP) is 2.83. The highest BCUT2D eigenvalue weighted by Crippen LogP contribution is 2.21. The molecule has 0 aliphatic heterocycles. The Labute approximate surface area is 96.0 Å². The van der Waals surface area contributed by atoms with Crippen LogP contribution in [0.3, 0.4) is 0 Å². The van der Waals surface area contributed by atoms with Crippen molar-refractivity contribution in [2.45, 2.75) is 0 Å². The first-order chi connectivity index (χ1) is 7.92. The van der Waals surface area contributed by atoms with E-state index >= 15 is 0 Å². The molecular formula is C11H8N4S. The highest BCUT2D eigenvalue weighted by molar-refractivity contribution is 7.13. The fourth-order valence-corrected chi connectivity index (χ4v) is 2.00. The Morgan fingerprint density at radius 3 is 2.62 bits per heavy atom. The second-order valence-electron chi connectivity index (χ2n) is 3.22. The quantitative estimate of drug-likeness (QED) is 0.732. The standard InChI is InChI=1S/C11H8N4S/c1-2-9-10(13-4-3-12-9)7-8(1)15-11-14-5-6-16-11/h1-7H,(H,14,15). The Balaban J connectivity index is 1.99. The van der Waals surface area contributed by atoms with Crippen molar-refractivity contribution in [2.24, 2.45) is 0 Å². The summed E-state index contributed by atoms with van der Waals surface area (Å²) in [6.07, 6.45) is 5.15. The van der Waals surface area contributed by atoms with Gasteiger partial charge in [-0.3, -0.25) is 9.97 Å². The number of benzene rings is 1. The van der Waals surface area contributed by atoms with Crippen molar-refractivity contribution in [1.29, 1.82) is 0 Å². The molecule has 0 radical (unpaired) electrons. The van der Waals surface area contributed by atoms with Crippen LogP contribution in [-0.2, 0) is 0 Å². The van der Waals surface area contributed by atoms with Crippen LogP contribution in [0.25, 0.3) is 11.0 Å². The van der Waals surface area contributed by atoms with Gasteiger partial charge in [-0.25, -0.2) is 4.98 Å². The van der Waals surface area contributed by atoms with Crippen LogP contribution in [0.5, 0.6) is 0 Å². The van der Waals surface area contributed by atoms with E-state index in [-0.39, 0.29) is 0 Å². The first-order valence-corrected chi connectivity index (χ1v) is 5.67. The molecule has 3 rings (SSSR count). The lowest BCUT2D eigenvalue weighted by Gasteiger charge is -2.03. The van der Waals surface area contributed by atoms with Gasteiger partial charge in [0, 0.05) is 29.7 Å². The van der Waals surface area contributed by atoms with Crippen molar-refractivity contribution >= 4 is 33.2 Å². The number of thiazole rings is 1. The van der Waals surface area contributed by atoms with E-state index in [1.807, 2.05) is 23.6 Å². The van der Waals surface area contributed by atoms with Gasteiger partial charge in [-0.15, -0.1) is 11.3 Å². The molecule has 0 unspecified atom stereocenters. The van der Waals surface area contributed by atoms with E-state index in [0.29, 0.717) is 0 Å². The van der Waals surface area contributed by atoms with Crippen LogP contribution >= 0.6 is 11.3 Å². The molecule has 0 spiro atoms. The molecule has 2 aromatic heterocycles. The summed E-state index contributed by atoms with van der Waals surface area (Å²) in [5, 5.41) is 6.03. The molecule has 0 aliphatic carbocycles. The van der Waals surface area contributed by atoms with Crippen LogP contribution < -0.4 is 5.32 Å². The van der Waals surface area contributed by atoms with Gasteiger partial charge in [0.15, 0.2) is 5.13 Å². The molecule has 78 valence electrons. The number of rotatable bonds is 2. The minimum absolute atomic E-state index is 0.878. The largest absolute Gasteiger partial charge is 0.331 e. The van der Waals surface area contributed by atoms with Gasteiger partial charge in [-0.1, -0.05) is 0 Å². The first kappa shape index (κ1) is 9.23. The predicted molar refractivity (Wildman–Crippen MR) is 64.9 cm³/mol. The number of nitrogens with zero attached hydrogens (tertiary/aromatic N) is 3. The summed E-state index contributed by atoms with van der Waals surface area (Å²) < 4.78 is 0. The molecule has 16 heavy (non-hydrogen) atoms. The molecule has 0 atom stereocenters. The number of aromatic nitrogens is 3. The molecule has 0 saturated carbocycles. The van der Waals surface area contributed by atoms with Gasteiger partial charge < -0.3 is 5.32 Å². The topological polar surface area (TPSA) is 50.7 Å². The minimum atomic E-state index is 0.878. The smallest absolute Gasteiger partial charge is 0.187 e. The van der Waals surface area contributed by atoms with Gasteiger partial charge in [-0.05, 0) is 18.2 Å². The minimum Gasteiger partial charge on any atom is -0.331 e. The summed E-state index contributed by atoms with van der Waals surface area (Å²) in [5.74, 6) is 0. The zero-order chi connectivity index (χ0) is 10.8. The van der Waals surface area contributed by atoms with Crippen LogP contribution in [-0.4, -0.2) is 15.0 Å². The number of nitrogens with one attached hydrogen (secondary N) is 1. The molecule has 0 amide bonds. The molecule has 1 N–H and O–H groups in total. The number of anilines is 2. The van der Waals surface area contributed by atoms with Gasteiger partial charge in [0.05, 0.1) is 11.0 Å². The third-order valence-electron chi connectivity index (χ3n) is 2.15. The van der Waals surface area contributed by atoms with Crippen molar-refractivity contribution in [3.05, 3.63) is 42.2 Å². The number of hydrogen-bond acceptors (Lipinski definition) is 5. The highest BCUT2D eigenvalue weighted by atomic mass is 32.1. The lowest BCUT2D eigenvalue weighted by molar-refractivity contribution is 1.29. The molecular weight excluding hydrogens is 220 g/mol. The Morgan fingerprint density at radius 2 is 1.81 bits per heavy atom. The summed E-state index contributed by atoms with van der Waals surface area (Å²) in [6, 6.07) is 5.88. The van der Waals surface area contributed by atoms with Crippen LogP contribution in [0.15, 0.2) is 42.2 Å². The van der Waals surface area contributed by atoms with Crippen molar-refractivity contribution in [3.8, 4) is 0 Å². The molecule has 1 aromatic carbocycles. The maximum Gasteiger partial charge on any atom is 0.187 e. The van der Waals surface area contributed by atoms with Crippen molar-refractivity contribution in [1.82, 2.24) is 15.0 Å². The normalized spacial score (nSPS) is 10.5. The Bertz CT molecular complexity index is 606. The van der Waals surface area contributed by atoms with E-state index in [1.165, 1.54) is 0 Å². The molecule has 0 aliphatic rings. The fraction of sp³-hybridized carbons (Fsp3) is 0. The molecule has 5 heteroatoms. The zero-order valence-electron chi connectivity index (χ0n) is 8.29. The van der Waals surface area contributed by atoms with Crippen LogP contribution in [0, 0.1) is 0 Å². The Hall–Kier alpha value is -2.01. The first-order valence-electron chi connectivity index (χ1n) is 4.79. The average Bonchev–Trinajstić information content (AvgIpc) is 2.82. The Morgan fingerprint density at radius 1 is 0.938 bits per heavy atom. The maximum atomic E-state index is 4.25. The third kappa shape index (κ3) is 1.72. The molecule has 0 fully saturated rings. The Kier molecular flexibility index (Phi) is 2.23. The van der Waals surface area contributed by atoms with Gasteiger partial charge >= 0.3 is 0 Å². The monoisotopic (exact) mass is 228 g/mol. The van der Waals surface area contributed by atoms with Crippen molar-refractivity contribution in [3.63, 3.8) is 0 Å². The number of hydrogen-bond donors (Lipinski definition) is 1.